The highest BCUT2D eigenvalue weighted by Crippen LogP contribution is 2.26. The van der Waals surface area contributed by atoms with Crippen molar-refractivity contribution >= 4 is 32.5 Å². The van der Waals surface area contributed by atoms with Crippen molar-refractivity contribution in [1.82, 2.24) is 10.3 Å². The maximum Gasteiger partial charge on any atom is 0.262 e. The SMILES string of the molecule is COc1ccccc1NS(=O)(=O)c1ccc(C(=O)NCc2ccc3[nH]c(C)c(C)c3c2)cc1. The van der Waals surface area contributed by atoms with Gasteiger partial charge in [-0.3, -0.25) is 9.52 Å². The Hall–Kier alpha value is -3.78. The maximum atomic E-state index is 12.7. The molecule has 0 atom stereocenters. The van der Waals surface area contributed by atoms with Gasteiger partial charge in [-0.25, -0.2) is 8.42 Å². The van der Waals surface area contributed by atoms with Crippen LogP contribution in [0.3, 0.4) is 0 Å². The Labute approximate surface area is 192 Å². The lowest BCUT2D eigenvalue weighted by atomic mass is 10.1. The van der Waals surface area contributed by atoms with Gasteiger partial charge in [0.15, 0.2) is 0 Å². The van der Waals surface area contributed by atoms with Gasteiger partial charge in [-0.2, -0.15) is 0 Å². The lowest BCUT2D eigenvalue weighted by Gasteiger charge is -2.12. The van der Waals surface area contributed by atoms with E-state index in [4.69, 9.17) is 4.74 Å². The average Bonchev–Trinajstić information content (AvgIpc) is 3.10. The van der Waals surface area contributed by atoms with Crippen molar-refractivity contribution in [2.75, 3.05) is 11.8 Å². The lowest BCUT2D eigenvalue weighted by molar-refractivity contribution is 0.0951. The summed E-state index contributed by atoms with van der Waals surface area (Å²) in [4.78, 5) is 16.0. The van der Waals surface area contributed by atoms with Crippen molar-refractivity contribution in [2.24, 2.45) is 0 Å². The third-order valence-electron chi connectivity index (χ3n) is 5.60. The molecule has 0 unspecified atom stereocenters. The zero-order valence-electron chi connectivity index (χ0n) is 18.6. The number of ether oxygens (including phenoxy) is 1. The number of methoxy groups -OCH3 is 1. The van der Waals surface area contributed by atoms with Gasteiger partial charge >= 0.3 is 0 Å². The molecule has 1 aromatic heterocycles. The van der Waals surface area contributed by atoms with E-state index in [1.165, 1.54) is 36.9 Å². The first-order chi connectivity index (χ1) is 15.8. The van der Waals surface area contributed by atoms with E-state index in [0.717, 1.165) is 22.2 Å². The minimum Gasteiger partial charge on any atom is -0.495 e. The first-order valence-electron chi connectivity index (χ1n) is 10.4. The fourth-order valence-electron chi connectivity index (χ4n) is 3.62. The summed E-state index contributed by atoms with van der Waals surface area (Å²) < 4.78 is 33.2. The molecule has 0 saturated carbocycles. The van der Waals surface area contributed by atoms with Crippen LogP contribution in [0.15, 0.2) is 71.6 Å². The fraction of sp³-hybridized carbons (Fsp3) is 0.160. The Morgan fingerprint density at radius 1 is 1.00 bits per heavy atom. The van der Waals surface area contributed by atoms with Crippen LogP contribution in [0.25, 0.3) is 10.9 Å². The summed E-state index contributed by atoms with van der Waals surface area (Å²) in [6.07, 6.45) is 0. The number of hydrogen-bond acceptors (Lipinski definition) is 4. The highest BCUT2D eigenvalue weighted by Gasteiger charge is 2.17. The molecule has 7 nitrogen and oxygen atoms in total. The largest absolute Gasteiger partial charge is 0.495 e. The molecular formula is C25H25N3O4S. The summed E-state index contributed by atoms with van der Waals surface area (Å²) in [5.74, 6) is 0.138. The van der Waals surface area contributed by atoms with Gasteiger partial charge in [0, 0.05) is 28.7 Å². The Balaban J connectivity index is 1.44. The quantitative estimate of drug-likeness (QED) is 0.375. The highest BCUT2D eigenvalue weighted by molar-refractivity contribution is 7.92. The van der Waals surface area contributed by atoms with E-state index in [2.05, 4.69) is 28.0 Å². The van der Waals surface area contributed by atoms with Gasteiger partial charge in [0.2, 0.25) is 0 Å². The van der Waals surface area contributed by atoms with Crippen LogP contribution in [-0.2, 0) is 16.6 Å². The first kappa shape index (κ1) is 22.4. The Morgan fingerprint density at radius 3 is 2.45 bits per heavy atom. The predicted octanol–water partition coefficient (Wildman–Crippen LogP) is 4.52. The van der Waals surface area contributed by atoms with Gasteiger partial charge in [0.05, 0.1) is 17.7 Å². The van der Waals surface area contributed by atoms with Crippen molar-refractivity contribution in [3.05, 3.63) is 89.1 Å². The van der Waals surface area contributed by atoms with Gasteiger partial charge in [-0.1, -0.05) is 18.2 Å². The minimum atomic E-state index is -3.83. The van der Waals surface area contributed by atoms with E-state index in [1.54, 1.807) is 24.3 Å². The number of aromatic amines is 1. The molecule has 4 rings (SSSR count). The molecule has 0 spiro atoms. The molecule has 0 bridgehead atoms. The number of carbonyl (C=O) groups excluding carboxylic acids is 1. The number of benzene rings is 3. The minimum absolute atomic E-state index is 0.0497. The third kappa shape index (κ3) is 4.70. The van der Waals surface area contributed by atoms with Crippen LogP contribution in [0.4, 0.5) is 5.69 Å². The molecule has 1 heterocycles. The molecule has 0 aliphatic carbocycles. The second-order valence-corrected chi connectivity index (χ2v) is 9.45. The van der Waals surface area contributed by atoms with E-state index in [0.29, 0.717) is 23.5 Å². The maximum absolute atomic E-state index is 12.7. The molecule has 33 heavy (non-hydrogen) atoms. The number of nitrogens with one attached hydrogen (secondary N) is 3. The molecule has 3 aromatic carbocycles. The fourth-order valence-corrected chi connectivity index (χ4v) is 4.69. The van der Waals surface area contributed by atoms with Crippen molar-refractivity contribution in [3.8, 4) is 5.75 Å². The van der Waals surface area contributed by atoms with Gasteiger partial charge in [0.25, 0.3) is 15.9 Å². The van der Waals surface area contributed by atoms with Crippen LogP contribution >= 0.6 is 0 Å². The summed E-state index contributed by atoms with van der Waals surface area (Å²) in [6.45, 7) is 4.47. The van der Waals surface area contributed by atoms with Crippen molar-refractivity contribution in [1.29, 1.82) is 0 Å². The lowest BCUT2D eigenvalue weighted by Crippen LogP contribution is -2.23. The molecule has 8 heteroatoms. The van der Waals surface area contributed by atoms with Crippen LogP contribution in [0, 0.1) is 13.8 Å². The molecular weight excluding hydrogens is 438 g/mol. The van der Waals surface area contributed by atoms with Crippen LogP contribution in [-0.4, -0.2) is 26.4 Å². The number of aryl methyl sites for hydroxylation is 2. The van der Waals surface area contributed by atoms with Gasteiger partial charge in [-0.15, -0.1) is 0 Å². The van der Waals surface area contributed by atoms with E-state index in [1.807, 2.05) is 19.1 Å². The molecule has 0 fully saturated rings. The Bertz CT molecular complexity index is 1420. The van der Waals surface area contributed by atoms with Gasteiger partial charge in [-0.05, 0) is 73.5 Å². The zero-order valence-corrected chi connectivity index (χ0v) is 19.4. The highest BCUT2D eigenvalue weighted by atomic mass is 32.2. The van der Waals surface area contributed by atoms with E-state index < -0.39 is 10.0 Å². The summed E-state index contributed by atoms with van der Waals surface area (Å²) in [7, 11) is -2.36. The standard InChI is InChI=1S/C25H25N3O4S/c1-16-17(2)27-22-13-8-18(14-21(16)22)15-26-25(29)19-9-11-20(12-10-19)33(30,31)28-23-6-4-5-7-24(23)32-3/h4-14,27-28H,15H2,1-3H3,(H,26,29). The number of H-pyrrole nitrogens is 1. The van der Waals surface area contributed by atoms with Crippen LogP contribution < -0.4 is 14.8 Å². The topological polar surface area (TPSA) is 100 Å². The van der Waals surface area contributed by atoms with E-state index >= 15 is 0 Å². The zero-order chi connectivity index (χ0) is 23.6. The number of carbonyl (C=O) groups is 1. The number of anilines is 1. The molecule has 0 radical (unpaired) electrons. The van der Waals surface area contributed by atoms with E-state index in [-0.39, 0.29) is 10.8 Å². The monoisotopic (exact) mass is 463 g/mol. The number of aromatic nitrogens is 1. The Morgan fingerprint density at radius 2 is 1.73 bits per heavy atom. The number of sulfonamides is 1. The summed E-state index contributed by atoms with van der Waals surface area (Å²) in [5.41, 5.74) is 5.09. The summed E-state index contributed by atoms with van der Waals surface area (Å²) >= 11 is 0. The molecule has 0 saturated heterocycles. The summed E-state index contributed by atoms with van der Waals surface area (Å²) in [5, 5.41) is 4.02. The molecule has 0 aliphatic rings. The number of rotatable bonds is 7. The number of hydrogen-bond donors (Lipinski definition) is 3. The average molecular weight is 464 g/mol. The number of fused-ring (bicyclic) bond motifs is 1. The summed E-state index contributed by atoms with van der Waals surface area (Å²) in [6, 6.07) is 18.6. The van der Waals surface area contributed by atoms with Crippen molar-refractivity contribution < 1.29 is 17.9 Å². The van der Waals surface area contributed by atoms with Gasteiger partial charge < -0.3 is 15.0 Å². The molecule has 4 aromatic rings. The van der Waals surface area contributed by atoms with Crippen LogP contribution in [0.2, 0.25) is 0 Å². The second-order valence-electron chi connectivity index (χ2n) is 7.77. The second kappa shape index (κ2) is 8.99. The molecule has 3 N–H and O–H groups in total. The molecule has 170 valence electrons. The van der Waals surface area contributed by atoms with Crippen molar-refractivity contribution in [2.45, 2.75) is 25.3 Å². The number of amides is 1. The molecule has 0 aliphatic heterocycles. The molecule has 1 amide bonds. The van der Waals surface area contributed by atoms with Crippen LogP contribution in [0.5, 0.6) is 5.75 Å². The van der Waals surface area contributed by atoms with Crippen molar-refractivity contribution in [3.63, 3.8) is 0 Å². The predicted molar refractivity (Wildman–Crippen MR) is 129 cm³/mol. The smallest absolute Gasteiger partial charge is 0.262 e. The van der Waals surface area contributed by atoms with E-state index in [9.17, 15) is 13.2 Å². The van der Waals surface area contributed by atoms with Gasteiger partial charge in [0.1, 0.15) is 5.75 Å². The Kier molecular flexibility index (Phi) is 6.11. The normalized spacial score (nSPS) is 11.4. The first-order valence-corrected chi connectivity index (χ1v) is 11.9. The van der Waals surface area contributed by atoms with Crippen LogP contribution in [0.1, 0.15) is 27.2 Å². The number of para-hydroxylation sites is 2. The third-order valence-corrected chi connectivity index (χ3v) is 6.99.